The molecule has 0 aliphatic carbocycles. The van der Waals surface area contributed by atoms with Crippen LogP contribution in [0.15, 0.2) is 0 Å². The smallest absolute Gasteiger partial charge is 0.408 e. The first-order valence-corrected chi connectivity index (χ1v) is 6.99. The number of aliphatic hydroxyl groups excluding tert-OH is 1. The Balaban J connectivity index is 2.44. The number of ether oxygens (including phenoxy) is 1. The van der Waals surface area contributed by atoms with Gasteiger partial charge in [-0.25, -0.2) is 4.79 Å². The molecule has 5 nitrogen and oxygen atoms in total. The fourth-order valence-corrected chi connectivity index (χ4v) is 2.35. The number of rotatable bonds is 3. The third-order valence-corrected chi connectivity index (χ3v) is 2.94. The van der Waals surface area contributed by atoms with Crippen LogP contribution in [0.25, 0.3) is 0 Å². The Kier molecular flexibility index (Phi) is 5.21. The predicted octanol–water partition coefficient (Wildman–Crippen LogP) is 1.75. The maximum Gasteiger partial charge on any atom is 0.408 e. The number of carbonyl (C=O) groups excluding carboxylic acids is 1. The van der Waals surface area contributed by atoms with Crippen molar-refractivity contribution in [2.45, 2.75) is 64.7 Å². The van der Waals surface area contributed by atoms with Gasteiger partial charge >= 0.3 is 6.09 Å². The monoisotopic (exact) mass is 272 g/mol. The summed E-state index contributed by atoms with van der Waals surface area (Å²) in [6, 6.07) is 0. The van der Waals surface area contributed by atoms with E-state index in [1.807, 2.05) is 34.6 Å². The molecular formula is C14H28N2O3. The number of piperidine rings is 1. The molecule has 0 saturated carbocycles. The molecule has 0 aromatic carbocycles. The number of amides is 1. The van der Waals surface area contributed by atoms with Gasteiger partial charge in [0, 0.05) is 13.1 Å². The molecule has 1 fully saturated rings. The lowest BCUT2D eigenvalue weighted by Gasteiger charge is -2.37. The standard InChI is InChI=1S/C14H28N2O3/c1-13(2,3)19-12(18)15-14(4,5)10-16-8-6-7-11(17)9-16/h11,17H,6-10H2,1-5H3,(H,15,18)/t11-/m1/s1. The van der Waals surface area contributed by atoms with Gasteiger partial charge in [-0.3, -0.25) is 4.90 Å². The number of β-amino-alcohol motifs (C(OH)–C–C–N with tert-alkyl or cyclic N) is 1. The second-order valence-corrected chi connectivity index (χ2v) is 7.04. The van der Waals surface area contributed by atoms with Crippen LogP contribution in [0, 0.1) is 0 Å². The summed E-state index contributed by atoms with van der Waals surface area (Å²) >= 11 is 0. The second-order valence-electron chi connectivity index (χ2n) is 7.04. The number of hydrogen-bond acceptors (Lipinski definition) is 4. The van der Waals surface area contributed by atoms with Gasteiger partial charge in [0.25, 0.3) is 0 Å². The number of carbonyl (C=O) groups is 1. The molecule has 0 unspecified atom stereocenters. The molecule has 1 aliphatic rings. The largest absolute Gasteiger partial charge is 0.444 e. The highest BCUT2D eigenvalue weighted by Crippen LogP contribution is 2.15. The third kappa shape index (κ3) is 6.78. The molecule has 5 heteroatoms. The number of alkyl carbamates (subject to hydrolysis) is 1. The van der Waals surface area contributed by atoms with E-state index in [0.717, 1.165) is 19.4 Å². The van der Waals surface area contributed by atoms with Crippen LogP contribution in [-0.4, -0.2) is 53.0 Å². The Morgan fingerprint density at radius 3 is 2.53 bits per heavy atom. The average molecular weight is 272 g/mol. The highest BCUT2D eigenvalue weighted by Gasteiger charge is 2.28. The van der Waals surface area contributed by atoms with Crippen LogP contribution < -0.4 is 5.32 Å². The molecule has 1 rings (SSSR count). The number of likely N-dealkylation sites (tertiary alicyclic amines) is 1. The van der Waals surface area contributed by atoms with E-state index in [1.54, 1.807) is 0 Å². The highest BCUT2D eigenvalue weighted by atomic mass is 16.6. The summed E-state index contributed by atoms with van der Waals surface area (Å²) < 4.78 is 5.27. The van der Waals surface area contributed by atoms with E-state index in [1.165, 1.54) is 0 Å². The number of nitrogens with zero attached hydrogens (tertiary/aromatic N) is 1. The zero-order valence-corrected chi connectivity index (χ0v) is 12.8. The lowest BCUT2D eigenvalue weighted by atomic mass is 10.0. The van der Waals surface area contributed by atoms with Crippen molar-refractivity contribution in [3.8, 4) is 0 Å². The van der Waals surface area contributed by atoms with Crippen LogP contribution in [0.2, 0.25) is 0 Å². The van der Waals surface area contributed by atoms with Crippen LogP contribution in [0.3, 0.4) is 0 Å². The van der Waals surface area contributed by atoms with Gasteiger partial charge in [-0.2, -0.15) is 0 Å². The number of hydrogen-bond donors (Lipinski definition) is 2. The third-order valence-electron chi connectivity index (χ3n) is 2.94. The van der Waals surface area contributed by atoms with Gasteiger partial charge in [-0.15, -0.1) is 0 Å². The van der Waals surface area contributed by atoms with Crippen LogP contribution in [0.5, 0.6) is 0 Å². The molecule has 1 atom stereocenters. The SMILES string of the molecule is CC(C)(CN1CCC[C@@H](O)C1)NC(=O)OC(C)(C)C. The van der Waals surface area contributed by atoms with Crippen LogP contribution in [-0.2, 0) is 4.74 Å². The van der Waals surface area contributed by atoms with Crippen molar-refractivity contribution >= 4 is 6.09 Å². The normalized spacial score (nSPS) is 22.1. The summed E-state index contributed by atoms with van der Waals surface area (Å²) in [6.45, 7) is 11.8. The van der Waals surface area contributed by atoms with Gasteiger partial charge in [0.15, 0.2) is 0 Å². The zero-order valence-electron chi connectivity index (χ0n) is 12.8. The minimum Gasteiger partial charge on any atom is -0.444 e. The maximum atomic E-state index is 11.8. The van der Waals surface area contributed by atoms with Crippen LogP contribution in [0.4, 0.5) is 4.79 Å². The lowest BCUT2D eigenvalue weighted by molar-refractivity contribution is 0.0368. The Bertz CT molecular complexity index is 310. The van der Waals surface area contributed by atoms with Gasteiger partial charge in [-0.1, -0.05) is 0 Å². The Hall–Kier alpha value is -0.810. The minimum absolute atomic E-state index is 0.244. The van der Waals surface area contributed by atoms with E-state index in [-0.39, 0.29) is 11.6 Å². The molecule has 0 aromatic heterocycles. The molecule has 112 valence electrons. The number of nitrogens with one attached hydrogen (secondary N) is 1. The molecule has 0 spiro atoms. The molecular weight excluding hydrogens is 244 g/mol. The van der Waals surface area contributed by atoms with Crippen LogP contribution in [0.1, 0.15) is 47.5 Å². The van der Waals surface area contributed by atoms with Crippen molar-refractivity contribution < 1.29 is 14.6 Å². The summed E-state index contributed by atoms with van der Waals surface area (Å²) in [5.41, 5.74) is -0.860. The van der Waals surface area contributed by atoms with E-state index < -0.39 is 11.7 Å². The van der Waals surface area contributed by atoms with Gasteiger partial charge in [0.2, 0.25) is 0 Å². The first-order chi connectivity index (χ1) is 8.57. The fourth-order valence-electron chi connectivity index (χ4n) is 2.35. The van der Waals surface area contributed by atoms with E-state index in [2.05, 4.69) is 10.2 Å². The number of aliphatic hydroxyl groups is 1. The van der Waals surface area contributed by atoms with Crippen molar-refractivity contribution in [2.75, 3.05) is 19.6 Å². The molecule has 19 heavy (non-hydrogen) atoms. The van der Waals surface area contributed by atoms with Crippen molar-refractivity contribution in [1.29, 1.82) is 0 Å². The summed E-state index contributed by atoms with van der Waals surface area (Å²) in [5, 5.41) is 12.5. The van der Waals surface area contributed by atoms with Crippen LogP contribution >= 0.6 is 0 Å². The van der Waals surface area contributed by atoms with E-state index in [0.29, 0.717) is 13.1 Å². The molecule has 0 bridgehead atoms. The molecule has 2 N–H and O–H groups in total. The van der Waals surface area contributed by atoms with Gasteiger partial charge in [0.1, 0.15) is 5.60 Å². The fraction of sp³-hybridized carbons (Fsp3) is 0.929. The second kappa shape index (κ2) is 6.09. The van der Waals surface area contributed by atoms with E-state index in [9.17, 15) is 9.90 Å². The van der Waals surface area contributed by atoms with Gasteiger partial charge < -0.3 is 15.2 Å². The Labute approximate surface area is 116 Å². The zero-order chi connectivity index (χ0) is 14.7. The first-order valence-electron chi connectivity index (χ1n) is 6.99. The quantitative estimate of drug-likeness (QED) is 0.821. The van der Waals surface area contributed by atoms with Crippen molar-refractivity contribution in [3.63, 3.8) is 0 Å². The van der Waals surface area contributed by atoms with E-state index >= 15 is 0 Å². The Morgan fingerprint density at radius 2 is 2.00 bits per heavy atom. The summed E-state index contributed by atoms with van der Waals surface area (Å²) in [6.07, 6.45) is 1.24. The summed E-state index contributed by atoms with van der Waals surface area (Å²) in [4.78, 5) is 14.0. The molecule has 1 saturated heterocycles. The predicted molar refractivity (Wildman–Crippen MR) is 75.1 cm³/mol. The highest BCUT2D eigenvalue weighted by molar-refractivity contribution is 5.68. The van der Waals surface area contributed by atoms with Gasteiger partial charge in [0.05, 0.1) is 11.6 Å². The maximum absolute atomic E-state index is 11.8. The average Bonchev–Trinajstić information content (AvgIpc) is 2.11. The topological polar surface area (TPSA) is 61.8 Å². The molecule has 0 radical (unpaired) electrons. The van der Waals surface area contributed by atoms with Crippen molar-refractivity contribution in [3.05, 3.63) is 0 Å². The first kappa shape index (κ1) is 16.2. The molecule has 1 amide bonds. The van der Waals surface area contributed by atoms with E-state index in [4.69, 9.17) is 4.74 Å². The Morgan fingerprint density at radius 1 is 1.37 bits per heavy atom. The lowest BCUT2D eigenvalue weighted by Crippen LogP contribution is -2.54. The molecule has 1 aliphatic heterocycles. The minimum atomic E-state index is -0.485. The van der Waals surface area contributed by atoms with Crippen molar-refractivity contribution in [2.24, 2.45) is 0 Å². The van der Waals surface area contributed by atoms with Gasteiger partial charge in [-0.05, 0) is 54.0 Å². The summed E-state index contributed by atoms with van der Waals surface area (Å²) in [7, 11) is 0. The molecule has 0 aromatic rings. The van der Waals surface area contributed by atoms with Crippen molar-refractivity contribution in [1.82, 2.24) is 10.2 Å². The molecule has 1 heterocycles. The summed E-state index contributed by atoms with van der Waals surface area (Å²) in [5.74, 6) is 0.